The zero-order chi connectivity index (χ0) is 4.50. The molecule has 0 fully saturated rings. The third-order valence-corrected chi connectivity index (χ3v) is 0. The van der Waals surface area contributed by atoms with E-state index in [0.717, 1.165) is 0 Å². The zero-order valence-corrected chi connectivity index (χ0v) is 8.50. The smallest absolute Gasteiger partial charge is 0.0311 e. The molecular weight excluding hydrogens is 282 g/mol. The summed E-state index contributed by atoms with van der Waals surface area (Å²) in [6.07, 6.45) is 0. The van der Waals surface area contributed by atoms with Crippen LogP contribution >= 0.6 is 0 Å². The second-order valence-electron chi connectivity index (χ2n) is 0.408. The van der Waals surface area contributed by atoms with Crippen LogP contribution in [-0.2, 0) is 10.4 Å². The molecule has 0 saturated heterocycles. The van der Waals surface area contributed by atoms with E-state index in [1.165, 1.54) is 0 Å². The molecule has 0 aliphatic carbocycles. The Morgan fingerprint density at radius 3 is 1.00 bits per heavy atom. The first-order valence-corrected chi connectivity index (χ1v) is 2.00. The van der Waals surface area contributed by atoms with Crippen molar-refractivity contribution in [1.29, 1.82) is 0 Å². The van der Waals surface area contributed by atoms with Gasteiger partial charge in [0.1, 0.15) is 0 Å². The predicted octanol–water partition coefficient (Wildman–Crippen LogP) is -2.61. The average molecular weight is 290 g/mol. The van der Waals surface area contributed by atoms with Gasteiger partial charge in [-0.2, -0.15) is 0 Å². The van der Waals surface area contributed by atoms with Gasteiger partial charge in [0.25, 0.3) is 0 Å². The van der Waals surface area contributed by atoms with Crippen molar-refractivity contribution in [1.82, 2.24) is 6.15 Å². The van der Waals surface area contributed by atoms with E-state index in [4.69, 9.17) is 17.5 Å². The molecule has 0 amide bonds. The molecule has 0 aromatic heterocycles. The Morgan fingerprint density at radius 1 is 1.00 bits per heavy atom. The molecule has 0 bridgehead atoms. The maximum Gasteiger partial charge on any atom is 0.0311 e. The average Bonchev–Trinajstić information content (AvgIpc) is 0.722. The van der Waals surface area contributed by atoms with Crippen molar-refractivity contribution in [2.24, 2.45) is 0 Å². The van der Waals surface area contributed by atoms with E-state index in [1.54, 1.807) is 0 Å². The number of quaternary nitrogens is 1. The van der Waals surface area contributed by atoms with Crippen LogP contribution in [0, 0.1) is 41.7 Å². The Balaban J connectivity index is -0.0000000133. The fourth-order valence-corrected chi connectivity index (χ4v) is 0. The fourth-order valence-electron chi connectivity index (χ4n) is 0. The van der Waals surface area contributed by atoms with Crippen LogP contribution in [-0.4, -0.2) is 28.5 Å². The van der Waals surface area contributed by atoms with Crippen LogP contribution in [0.4, 0.5) is 0 Å². The van der Waals surface area contributed by atoms with E-state index in [0.29, 0.717) is 0 Å². The standard InChI is InChI=1S/Ce.H3N.H2O4S.2H2O/c;;1-5(2,3)4;;/h;1H3;(H2,1,2,3,4);2*1H2/p-1. The molecule has 0 rings (SSSR count). The van der Waals surface area contributed by atoms with Gasteiger partial charge in [0, 0.05) is 52.1 Å². The molecular formula is H8CeNO6S-. The SMILES string of the molecule is O.O.O=S(=O)([O-])[O-].[Ce].[NH4+]. The van der Waals surface area contributed by atoms with Crippen molar-refractivity contribution >= 4 is 10.4 Å². The van der Waals surface area contributed by atoms with E-state index in [9.17, 15) is 0 Å². The first-order chi connectivity index (χ1) is 2.00. The molecule has 9 heavy (non-hydrogen) atoms. The summed E-state index contributed by atoms with van der Waals surface area (Å²) >= 11 is 0. The van der Waals surface area contributed by atoms with Crippen molar-refractivity contribution in [2.75, 3.05) is 0 Å². The molecule has 0 aliphatic heterocycles. The Labute approximate surface area is 86.0 Å². The van der Waals surface area contributed by atoms with Crippen LogP contribution in [0.2, 0.25) is 0 Å². The van der Waals surface area contributed by atoms with Gasteiger partial charge in [-0.25, -0.2) is 0 Å². The van der Waals surface area contributed by atoms with Gasteiger partial charge in [-0.15, -0.1) is 0 Å². The fraction of sp³-hybridized carbons (Fsp3) is 0. The van der Waals surface area contributed by atoms with Gasteiger partial charge in [-0.05, 0) is 0 Å². The molecule has 7 nitrogen and oxygen atoms in total. The molecule has 0 spiro atoms. The first kappa shape index (κ1) is 32.1. The van der Waals surface area contributed by atoms with Crippen LogP contribution < -0.4 is 6.15 Å². The van der Waals surface area contributed by atoms with E-state index < -0.39 is 10.4 Å². The maximum absolute atomic E-state index is 8.52. The minimum Gasteiger partial charge on any atom is -0.759 e. The summed E-state index contributed by atoms with van der Waals surface area (Å²) in [5.41, 5.74) is 0. The largest absolute Gasteiger partial charge is 0.759 e. The molecule has 0 aromatic carbocycles. The van der Waals surface area contributed by atoms with Crippen LogP contribution in [0.3, 0.4) is 0 Å². The van der Waals surface area contributed by atoms with E-state index in [1.807, 2.05) is 0 Å². The minimum absolute atomic E-state index is 0. The second-order valence-corrected chi connectivity index (χ2v) is 1.22. The zero-order valence-electron chi connectivity index (χ0n) is 4.54. The summed E-state index contributed by atoms with van der Waals surface area (Å²) in [5.74, 6) is 0. The molecule has 0 heterocycles. The molecule has 0 atom stereocenters. The molecule has 60 valence electrons. The summed E-state index contributed by atoms with van der Waals surface area (Å²) < 4.78 is 34.1. The molecule has 0 unspecified atom stereocenters. The van der Waals surface area contributed by atoms with Gasteiger partial charge in [0.2, 0.25) is 0 Å². The third kappa shape index (κ3) is 365. The van der Waals surface area contributed by atoms with Crippen molar-refractivity contribution in [2.45, 2.75) is 0 Å². The van der Waals surface area contributed by atoms with Crippen molar-refractivity contribution in [3.05, 3.63) is 0 Å². The molecule has 0 saturated carbocycles. The number of rotatable bonds is 0. The van der Waals surface area contributed by atoms with E-state index in [2.05, 4.69) is 0 Å². The van der Waals surface area contributed by atoms with Gasteiger partial charge in [-0.3, -0.25) is 8.42 Å². The van der Waals surface area contributed by atoms with Crippen molar-refractivity contribution in [3.63, 3.8) is 0 Å². The molecule has 8 N–H and O–H groups in total. The maximum atomic E-state index is 8.52. The molecule has 0 radical (unpaired) electrons. The van der Waals surface area contributed by atoms with Crippen molar-refractivity contribution < 1.29 is 70.2 Å². The topological polar surface area (TPSA) is 180 Å². The summed E-state index contributed by atoms with van der Waals surface area (Å²) in [7, 11) is -5.17. The van der Waals surface area contributed by atoms with Crippen molar-refractivity contribution in [3.8, 4) is 0 Å². The summed E-state index contributed by atoms with van der Waals surface area (Å²) in [5, 5.41) is 0. The van der Waals surface area contributed by atoms with Crippen LogP contribution in [0.15, 0.2) is 0 Å². The second kappa shape index (κ2) is 11.9. The Morgan fingerprint density at radius 2 is 1.00 bits per heavy atom. The Bertz CT molecular complexity index is 96.2. The third-order valence-electron chi connectivity index (χ3n) is 0. The number of hydrogen-bond donors (Lipinski definition) is 1. The van der Waals surface area contributed by atoms with Gasteiger partial charge in [0.05, 0.1) is 0 Å². The molecule has 9 heteroatoms. The summed E-state index contributed by atoms with van der Waals surface area (Å²) in [6, 6.07) is 0. The quantitative estimate of drug-likeness (QED) is 0.379. The Kier molecular flexibility index (Phi) is 42.3. The van der Waals surface area contributed by atoms with Gasteiger partial charge < -0.3 is 26.2 Å². The normalized spacial score (nSPS) is 6.44. The van der Waals surface area contributed by atoms with E-state index in [-0.39, 0.29) is 58.9 Å². The Hall–Kier alpha value is 1.13. The molecule has 0 aromatic rings. The van der Waals surface area contributed by atoms with Crippen LogP contribution in [0.1, 0.15) is 0 Å². The first-order valence-electron chi connectivity index (χ1n) is 0.667. The predicted molar refractivity (Wildman–Crippen MR) is 23.7 cm³/mol. The minimum atomic E-state index is -5.17. The number of hydrogen-bond acceptors (Lipinski definition) is 4. The van der Waals surface area contributed by atoms with E-state index >= 15 is 0 Å². The monoisotopic (exact) mass is 290 g/mol. The van der Waals surface area contributed by atoms with Gasteiger partial charge in [0.15, 0.2) is 0 Å². The van der Waals surface area contributed by atoms with Crippen LogP contribution in [0.25, 0.3) is 0 Å². The van der Waals surface area contributed by atoms with Gasteiger partial charge in [-0.1, -0.05) is 0 Å². The summed E-state index contributed by atoms with van der Waals surface area (Å²) in [6.45, 7) is 0. The van der Waals surface area contributed by atoms with Gasteiger partial charge >= 0.3 is 0 Å². The summed E-state index contributed by atoms with van der Waals surface area (Å²) in [4.78, 5) is 0. The molecule has 0 aliphatic rings. The van der Waals surface area contributed by atoms with Crippen LogP contribution in [0.5, 0.6) is 0 Å².